The Kier molecular flexibility index (Phi) is 5.67. The summed E-state index contributed by atoms with van der Waals surface area (Å²) in [6, 6.07) is 0.160. The predicted molar refractivity (Wildman–Crippen MR) is 61.0 cm³/mol. The summed E-state index contributed by atoms with van der Waals surface area (Å²) in [6.45, 7) is 6.34. The van der Waals surface area contributed by atoms with E-state index in [1.807, 2.05) is 6.92 Å². The van der Waals surface area contributed by atoms with Crippen LogP contribution >= 0.6 is 0 Å². The topological polar surface area (TPSA) is 103 Å². The molecule has 6 N–H and O–H groups in total. The van der Waals surface area contributed by atoms with Crippen molar-refractivity contribution in [3.05, 3.63) is 0 Å². The van der Waals surface area contributed by atoms with Crippen LogP contribution in [0.25, 0.3) is 0 Å². The first kappa shape index (κ1) is 12.7. The molecule has 0 rings (SSSR count). The number of hydrogen-bond acceptors (Lipinski definition) is 1. The molecule has 5 nitrogen and oxygen atoms in total. The predicted octanol–water partition coefficient (Wildman–Crippen LogP) is 0.399. The standard InChI is InChI=1S/C9H21N5/c1-4-6(2)5-7(3)13-9(12)14-8(10)11/h6-7H,4-5H2,1-3H3,(H6,10,11,12,13,14). The van der Waals surface area contributed by atoms with Crippen LogP contribution in [0.3, 0.4) is 0 Å². The molecule has 0 aromatic heterocycles. The van der Waals surface area contributed by atoms with Gasteiger partial charge in [-0.2, -0.15) is 4.99 Å². The monoisotopic (exact) mass is 199 g/mol. The summed E-state index contributed by atoms with van der Waals surface area (Å²) in [5.74, 6) is 0.739. The van der Waals surface area contributed by atoms with Crippen LogP contribution in [-0.4, -0.2) is 18.0 Å². The molecule has 14 heavy (non-hydrogen) atoms. The molecule has 2 unspecified atom stereocenters. The van der Waals surface area contributed by atoms with Gasteiger partial charge < -0.3 is 17.2 Å². The lowest BCUT2D eigenvalue weighted by atomic mass is 10.0. The highest BCUT2D eigenvalue weighted by Gasteiger charge is 2.05. The van der Waals surface area contributed by atoms with Gasteiger partial charge in [-0.15, -0.1) is 0 Å². The molecule has 0 saturated heterocycles. The van der Waals surface area contributed by atoms with Crippen LogP contribution in [0.4, 0.5) is 0 Å². The van der Waals surface area contributed by atoms with Crippen LogP contribution in [0, 0.1) is 5.92 Å². The summed E-state index contributed by atoms with van der Waals surface area (Å²) in [5.41, 5.74) is 15.8. The molecular formula is C9H21N5. The average molecular weight is 199 g/mol. The molecule has 0 aliphatic heterocycles. The van der Waals surface area contributed by atoms with Crippen molar-refractivity contribution in [2.24, 2.45) is 33.1 Å². The van der Waals surface area contributed by atoms with Gasteiger partial charge in [-0.3, -0.25) is 0 Å². The molecule has 0 bridgehead atoms. The summed E-state index contributed by atoms with van der Waals surface area (Å²) >= 11 is 0. The Morgan fingerprint density at radius 2 is 1.79 bits per heavy atom. The number of hydrogen-bond donors (Lipinski definition) is 3. The van der Waals surface area contributed by atoms with Crippen LogP contribution in [0.15, 0.2) is 9.98 Å². The highest BCUT2D eigenvalue weighted by molar-refractivity contribution is 5.92. The Hall–Kier alpha value is -1.26. The van der Waals surface area contributed by atoms with Crippen molar-refractivity contribution in [1.82, 2.24) is 0 Å². The molecule has 0 radical (unpaired) electrons. The zero-order chi connectivity index (χ0) is 11.1. The highest BCUT2D eigenvalue weighted by Crippen LogP contribution is 2.11. The quantitative estimate of drug-likeness (QED) is 0.451. The van der Waals surface area contributed by atoms with Gasteiger partial charge in [0.15, 0.2) is 5.96 Å². The van der Waals surface area contributed by atoms with E-state index in [-0.39, 0.29) is 18.0 Å². The van der Waals surface area contributed by atoms with Gasteiger partial charge in [0, 0.05) is 0 Å². The van der Waals surface area contributed by atoms with Gasteiger partial charge in [-0.05, 0) is 19.3 Å². The zero-order valence-corrected chi connectivity index (χ0v) is 9.20. The lowest BCUT2D eigenvalue weighted by Crippen LogP contribution is -2.27. The van der Waals surface area contributed by atoms with Crippen LogP contribution in [0.5, 0.6) is 0 Å². The summed E-state index contributed by atoms with van der Waals surface area (Å²) in [6.07, 6.45) is 2.14. The molecule has 82 valence electrons. The third kappa shape index (κ3) is 6.28. The van der Waals surface area contributed by atoms with Gasteiger partial charge in [0.1, 0.15) is 0 Å². The summed E-state index contributed by atoms with van der Waals surface area (Å²) < 4.78 is 0. The number of aliphatic imine (C=N–C) groups is 2. The maximum Gasteiger partial charge on any atom is 0.218 e. The normalized spacial score (nSPS) is 16.1. The van der Waals surface area contributed by atoms with Crippen LogP contribution < -0.4 is 17.2 Å². The Balaban J connectivity index is 4.15. The Morgan fingerprint density at radius 1 is 1.21 bits per heavy atom. The highest BCUT2D eigenvalue weighted by atomic mass is 15.1. The molecule has 0 amide bonds. The molecule has 0 aliphatic rings. The minimum atomic E-state index is -0.0537. The summed E-state index contributed by atoms with van der Waals surface area (Å²) in [7, 11) is 0. The van der Waals surface area contributed by atoms with Crippen molar-refractivity contribution in [3.63, 3.8) is 0 Å². The SMILES string of the molecule is CCC(C)CC(C)N=C(N)N=C(N)N. The fourth-order valence-electron chi connectivity index (χ4n) is 1.19. The van der Waals surface area contributed by atoms with E-state index in [2.05, 4.69) is 23.8 Å². The maximum absolute atomic E-state index is 5.50. The lowest BCUT2D eigenvalue weighted by Gasteiger charge is -2.11. The van der Waals surface area contributed by atoms with E-state index in [9.17, 15) is 0 Å². The molecule has 0 aliphatic carbocycles. The van der Waals surface area contributed by atoms with Crippen molar-refractivity contribution >= 4 is 11.9 Å². The van der Waals surface area contributed by atoms with Crippen LogP contribution in [0.1, 0.15) is 33.6 Å². The van der Waals surface area contributed by atoms with E-state index in [1.165, 1.54) is 0 Å². The Labute approximate surface area is 85.5 Å². The third-order valence-corrected chi connectivity index (χ3v) is 2.04. The summed E-state index contributed by atoms with van der Waals surface area (Å²) in [5, 5.41) is 0. The van der Waals surface area contributed by atoms with Crippen molar-refractivity contribution in [1.29, 1.82) is 0 Å². The smallest absolute Gasteiger partial charge is 0.218 e. The minimum Gasteiger partial charge on any atom is -0.370 e. The van der Waals surface area contributed by atoms with Crippen molar-refractivity contribution < 1.29 is 0 Å². The molecule has 0 spiro atoms. The first-order valence-corrected chi connectivity index (χ1v) is 4.88. The molecule has 5 heteroatoms. The van der Waals surface area contributed by atoms with Gasteiger partial charge >= 0.3 is 0 Å². The first-order chi connectivity index (χ1) is 6.45. The minimum absolute atomic E-state index is 0.0537. The van der Waals surface area contributed by atoms with Gasteiger partial charge in [-0.1, -0.05) is 20.3 Å². The molecule has 0 aromatic carbocycles. The zero-order valence-electron chi connectivity index (χ0n) is 9.20. The van der Waals surface area contributed by atoms with Crippen molar-refractivity contribution in [2.45, 2.75) is 39.7 Å². The molecular weight excluding hydrogens is 178 g/mol. The van der Waals surface area contributed by atoms with Crippen LogP contribution in [0.2, 0.25) is 0 Å². The number of nitrogens with zero attached hydrogens (tertiary/aromatic N) is 2. The fourth-order valence-corrected chi connectivity index (χ4v) is 1.19. The molecule has 0 heterocycles. The van der Waals surface area contributed by atoms with Crippen molar-refractivity contribution in [2.75, 3.05) is 0 Å². The van der Waals surface area contributed by atoms with E-state index in [4.69, 9.17) is 17.2 Å². The van der Waals surface area contributed by atoms with E-state index < -0.39 is 0 Å². The number of nitrogens with two attached hydrogens (primary N) is 3. The fraction of sp³-hybridized carbons (Fsp3) is 0.778. The molecule has 0 saturated carbocycles. The van der Waals surface area contributed by atoms with E-state index in [0.29, 0.717) is 5.92 Å². The van der Waals surface area contributed by atoms with Gasteiger partial charge in [0.05, 0.1) is 6.04 Å². The lowest BCUT2D eigenvalue weighted by molar-refractivity contribution is 0.470. The molecule has 2 atom stereocenters. The number of guanidine groups is 2. The summed E-state index contributed by atoms with van der Waals surface area (Å²) in [4.78, 5) is 7.80. The number of rotatable bonds is 4. The second kappa shape index (κ2) is 6.23. The Bertz CT molecular complexity index is 217. The van der Waals surface area contributed by atoms with E-state index >= 15 is 0 Å². The molecule has 0 fully saturated rings. The average Bonchev–Trinajstić information content (AvgIpc) is 2.01. The van der Waals surface area contributed by atoms with Crippen LogP contribution in [-0.2, 0) is 0 Å². The van der Waals surface area contributed by atoms with E-state index in [1.54, 1.807) is 0 Å². The third-order valence-electron chi connectivity index (χ3n) is 2.04. The second-order valence-electron chi connectivity index (χ2n) is 3.62. The van der Waals surface area contributed by atoms with E-state index in [0.717, 1.165) is 12.8 Å². The van der Waals surface area contributed by atoms with Gasteiger partial charge in [0.25, 0.3) is 0 Å². The maximum atomic E-state index is 5.50. The first-order valence-electron chi connectivity index (χ1n) is 4.88. The van der Waals surface area contributed by atoms with Gasteiger partial charge in [0.2, 0.25) is 5.96 Å². The van der Waals surface area contributed by atoms with Crippen molar-refractivity contribution in [3.8, 4) is 0 Å². The largest absolute Gasteiger partial charge is 0.370 e. The second-order valence-corrected chi connectivity index (χ2v) is 3.62. The Morgan fingerprint density at radius 3 is 2.21 bits per heavy atom. The molecule has 0 aromatic rings. The van der Waals surface area contributed by atoms with Gasteiger partial charge in [-0.25, -0.2) is 4.99 Å².